The fourth-order valence-corrected chi connectivity index (χ4v) is 5.44. The van der Waals surface area contributed by atoms with E-state index in [4.69, 9.17) is 11.6 Å². The first-order valence-electron chi connectivity index (χ1n) is 11.7. The Morgan fingerprint density at radius 1 is 1.03 bits per heavy atom. The fourth-order valence-electron chi connectivity index (χ4n) is 3.88. The van der Waals surface area contributed by atoms with Gasteiger partial charge in [0.05, 0.1) is 15.5 Å². The van der Waals surface area contributed by atoms with Crippen molar-refractivity contribution in [2.24, 2.45) is 0 Å². The molecule has 10 nitrogen and oxygen atoms in total. The van der Waals surface area contributed by atoms with Crippen LogP contribution in [0, 0.1) is 10.1 Å². The van der Waals surface area contributed by atoms with E-state index in [0.29, 0.717) is 10.6 Å². The van der Waals surface area contributed by atoms with Crippen LogP contribution in [0.25, 0.3) is 0 Å². The molecule has 0 saturated carbocycles. The number of benzene rings is 3. The van der Waals surface area contributed by atoms with Gasteiger partial charge in [0.1, 0.15) is 12.6 Å². The van der Waals surface area contributed by atoms with Crippen LogP contribution in [0.15, 0.2) is 83.8 Å². The van der Waals surface area contributed by atoms with E-state index in [1.54, 1.807) is 37.3 Å². The number of anilines is 1. The molecule has 0 spiro atoms. The number of halogens is 1. The molecule has 38 heavy (non-hydrogen) atoms. The maximum Gasteiger partial charge on any atom is 0.271 e. The van der Waals surface area contributed by atoms with Crippen molar-refractivity contribution < 1.29 is 22.9 Å². The lowest BCUT2D eigenvalue weighted by Crippen LogP contribution is -2.51. The number of sulfonamides is 1. The third-order valence-electron chi connectivity index (χ3n) is 5.84. The van der Waals surface area contributed by atoms with Crippen molar-refractivity contribution in [3.05, 3.63) is 99.6 Å². The molecule has 3 aromatic carbocycles. The lowest BCUT2D eigenvalue weighted by atomic mass is 10.1. The molecule has 1 atom stereocenters. The summed E-state index contributed by atoms with van der Waals surface area (Å²) in [6.45, 7) is 1.05. The molecule has 0 heterocycles. The molecule has 3 aromatic rings. The van der Waals surface area contributed by atoms with Gasteiger partial charge in [0.25, 0.3) is 15.7 Å². The van der Waals surface area contributed by atoms with Crippen molar-refractivity contribution >= 4 is 44.8 Å². The first-order chi connectivity index (χ1) is 18.1. The average molecular weight is 559 g/mol. The van der Waals surface area contributed by atoms with Crippen molar-refractivity contribution in [2.75, 3.05) is 17.9 Å². The molecule has 0 bridgehead atoms. The van der Waals surface area contributed by atoms with E-state index >= 15 is 0 Å². The standard InChI is InChI=1S/C26H27ClN4O6S/c1-3-24(26(33)28-2)29(17-19-12-14-20(27)15-13-19)25(32)18-30(21-8-7-9-22(16-21)31(34)35)38(36,37)23-10-5-4-6-11-23/h4-16,24H,3,17-18H2,1-2H3,(H,28,33)/t24-/m1/s1. The van der Waals surface area contributed by atoms with Gasteiger partial charge in [-0.05, 0) is 42.3 Å². The molecule has 12 heteroatoms. The third kappa shape index (κ3) is 6.67. The van der Waals surface area contributed by atoms with Gasteiger partial charge in [-0.3, -0.25) is 24.0 Å². The zero-order valence-electron chi connectivity index (χ0n) is 20.8. The van der Waals surface area contributed by atoms with Crippen LogP contribution >= 0.6 is 11.6 Å². The number of nitro groups is 1. The maximum atomic E-state index is 13.8. The average Bonchev–Trinajstić information content (AvgIpc) is 2.92. The minimum absolute atomic E-state index is 0.0100. The Bertz CT molecular complexity index is 1400. The van der Waals surface area contributed by atoms with E-state index in [0.717, 1.165) is 10.4 Å². The van der Waals surface area contributed by atoms with Gasteiger partial charge in [0, 0.05) is 30.7 Å². The first kappa shape index (κ1) is 28.6. The van der Waals surface area contributed by atoms with E-state index < -0.39 is 39.3 Å². The number of rotatable bonds is 11. The quantitative estimate of drug-likeness (QED) is 0.280. The summed E-state index contributed by atoms with van der Waals surface area (Å²) < 4.78 is 28.2. The van der Waals surface area contributed by atoms with Crippen LogP contribution in [-0.4, -0.2) is 49.7 Å². The Morgan fingerprint density at radius 2 is 1.68 bits per heavy atom. The van der Waals surface area contributed by atoms with Crippen molar-refractivity contribution in [3.8, 4) is 0 Å². The van der Waals surface area contributed by atoms with Crippen LogP contribution in [0.1, 0.15) is 18.9 Å². The van der Waals surface area contributed by atoms with Gasteiger partial charge >= 0.3 is 0 Å². The summed E-state index contributed by atoms with van der Waals surface area (Å²) >= 11 is 5.99. The highest BCUT2D eigenvalue weighted by molar-refractivity contribution is 7.92. The lowest BCUT2D eigenvalue weighted by Gasteiger charge is -2.33. The van der Waals surface area contributed by atoms with Crippen molar-refractivity contribution in [1.82, 2.24) is 10.2 Å². The molecular formula is C26H27ClN4O6S. The Kier molecular flexibility index (Phi) is 9.43. The number of hydrogen-bond donors (Lipinski definition) is 1. The number of nitrogens with one attached hydrogen (secondary N) is 1. The number of hydrogen-bond acceptors (Lipinski definition) is 6. The van der Waals surface area contributed by atoms with Gasteiger partial charge in [-0.2, -0.15) is 0 Å². The lowest BCUT2D eigenvalue weighted by molar-refractivity contribution is -0.384. The molecule has 0 aliphatic rings. The van der Waals surface area contributed by atoms with Gasteiger partial charge in [0.2, 0.25) is 11.8 Å². The fraction of sp³-hybridized carbons (Fsp3) is 0.231. The van der Waals surface area contributed by atoms with Gasteiger partial charge in [0.15, 0.2) is 0 Å². The molecule has 0 aromatic heterocycles. The number of non-ortho nitro benzene ring substituents is 1. The molecule has 0 radical (unpaired) electrons. The second-order valence-corrected chi connectivity index (χ2v) is 10.6. The molecule has 200 valence electrons. The van der Waals surface area contributed by atoms with Gasteiger partial charge in [-0.25, -0.2) is 8.42 Å². The topological polar surface area (TPSA) is 130 Å². The normalized spacial score (nSPS) is 11.9. The predicted molar refractivity (Wildman–Crippen MR) is 144 cm³/mol. The van der Waals surface area contributed by atoms with Crippen LogP contribution in [0.2, 0.25) is 5.02 Å². The molecule has 3 rings (SSSR count). The highest BCUT2D eigenvalue weighted by Gasteiger charge is 2.33. The van der Waals surface area contributed by atoms with E-state index in [-0.39, 0.29) is 29.2 Å². The summed E-state index contributed by atoms with van der Waals surface area (Å²) in [5.41, 5.74) is 0.284. The second kappa shape index (κ2) is 12.5. The number of nitrogens with zero attached hydrogens (tertiary/aromatic N) is 3. The van der Waals surface area contributed by atoms with E-state index in [9.17, 15) is 28.1 Å². The monoisotopic (exact) mass is 558 g/mol. The minimum atomic E-state index is -4.32. The first-order valence-corrected chi connectivity index (χ1v) is 13.5. The summed E-state index contributed by atoms with van der Waals surface area (Å²) in [6, 6.07) is 18.3. The maximum absolute atomic E-state index is 13.8. The Morgan fingerprint density at radius 3 is 2.26 bits per heavy atom. The predicted octanol–water partition coefficient (Wildman–Crippen LogP) is 4.00. The van der Waals surface area contributed by atoms with Crippen LogP contribution in [-0.2, 0) is 26.2 Å². The number of likely N-dealkylation sites (N-methyl/N-ethyl adjacent to an activating group) is 1. The number of amides is 2. The smallest absolute Gasteiger partial charge is 0.271 e. The largest absolute Gasteiger partial charge is 0.357 e. The van der Waals surface area contributed by atoms with Crippen molar-refractivity contribution in [2.45, 2.75) is 30.8 Å². The molecule has 0 aliphatic heterocycles. The summed E-state index contributed by atoms with van der Waals surface area (Å²) in [5.74, 6) is -1.08. The molecular weight excluding hydrogens is 532 g/mol. The van der Waals surface area contributed by atoms with Crippen molar-refractivity contribution in [3.63, 3.8) is 0 Å². The number of carbonyl (C=O) groups excluding carboxylic acids is 2. The number of carbonyl (C=O) groups is 2. The Labute approximate surface area is 226 Å². The van der Waals surface area contributed by atoms with Crippen molar-refractivity contribution in [1.29, 1.82) is 0 Å². The highest BCUT2D eigenvalue weighted by atomic mass is 35.5. The zero-order valence-corrected chi connectivity index (χ0v) is 22.4. The van der Waals surface area contributed by atoms with E-state index in [1.807, 2.05) is 0 Å². The number of nitro benzene ring substituents is 1. The van der Waals surface area contributed by atoms with Crippen LogP contribution in [0.5, 0.6) is 0 Å². The van der Waals surface area contributed by atoms with Gasteiger partial charge < -0.3 is 10.2 Å². The SMILES string of the molecule is CC[C@H](C(=O)NC)N(Cc1ccc(Cl)cc1)C(=O)CN(c1cccc([N+](=O)[O-])c1)S(=O)(=O)c1ccccc1. The van der Waals surface area contributed by atoms with Crippen LogP contribution in [0.3, 0.4) is 0 Å². The van der Waals surface area contributed by atoms with Crippen LogP contribution in [0.4, 0.5) is 11.4 Å². The molecule has 1 N–H and O–H groups in total. The molecule has 0 aliphatic carbocycles. The Hall–Kier alpha value is -3.96. The summed E-state index contributed by atoms with van der Waals surface area (Å²) in [4.78, 5) is 38.4. The molecule has 2 amide bonds. The second-order valence-electron chi connectivity index (χ2n) is 8.29. The summed E-state index contributed by atoms with van der Waals surface area (Å²) in [7, 11) is -2.87. The highest BCUT2D eigenvalue weighted by Crippen LogP contribution is 2.28. The third-order valence-corrected chi connectivity index (χ3v) is 7.88. The molecule has 0 fully saturated rings. The zero-order chi connectivity index (χ0) is 27.9. The van der Waals surface area contributed by atoms with Gasteiger partial charge in [-0.15, -0.1) is 0 Å². The Balaban J connectivity index is 2.08. The van der Waals surface area contributed by atoms with E-state index in [1.165, 1.54) is 54.4 Å². The molecule has 0 saturated heterocycles. The van der Waals surface area contributed by atoms with Crippen LogP contribution < -0.4 is 9.62 Å². The van der Waals surface area contributed by atoms with E-state index in [2.05, 4.69) is 5.32 Å². The van der Waals surface area contributed by atoms with Gasteiger partial charge in [-0.1, -0.05) is 54.9 Å². The summed E-state index contributed by atoms with van der Waals surface area (Å²) in [5, 5.41) is 14.4. The minimum Gasteiger partial charge on any atom is -0.357 e. The molecule has 0 unspecified atom stereocenters. The summed E-state index contributed by atoms with van der Waals surface area (Å²) in [6.07, 6.45) is 0.265.